The van der Waals surface area contributed by atoms with Gasteiger partial charge in [0.1, 0.15) is 6.04 Å². The largest absolute Gasteiger partial charge is 0.396 e. The molecule has 1 unspecified atom stereocenters. The highest BCUT2D eigenvalue weighted by atomic mass is 16.3. The fourth-order valence-corrected chi connectivity index (χ4v) is 1.08. The Morgan fingerprint density at radius 2 is 1.88 bits per heavy atom. The third-order valence-electron chi connectivity index (χ3n) is 2.02. The lowest BCUT2D eigenvalue weighted by molar-refractivity contribution is -0.128. The van der Waals surface area contributed by atoms with Crippen molar-refractivity contribution in [2.24, 2.45) is 5.92 Å². The lowest BCUT2D eigenvalue weighted by Crippen LogP contribution is -2.45. The van der Waals surface area contributed by atoms with Crippen molar-refractivity contribution < 1.29 is 14.7 Å². The van der Waals surface area contributed by atoms with Gasteiger partial charge in [0.15, 0.2) is 0 Å². The van der Waals surface area contributed by atoms with Gasteiger partial charge in [0.25, 0.3) is 0 Å². The maximum absolute atomic E-state index is 11.5. The number of nitrogens with one attached hydrogen (secondary N) is 2. The fourth-order valence-electron chi connectivity index (χ4n) is 1.08. The molecule has 5 nitrogen and oxygen atoms in total. The smallest absolute Gasteiger partial charge is 0.242 e. The van der Waals surface area contributed by atoms with Crippen molar-refractivity contribution in [2.45, 2.75) is 39.7 Å². The number of carbonyl (C=O) groups excluding carboxylic acids is 2. The monoisotopic (exact) mass is 230 g/mol. The van der Waals surface area contributed by atoms with Crippen LogP contribution >= 0.6 is 0 Å². The molecule has 2 amide bonds. The SMILES string of the molecule is CC(C)CNC(=O)C(C)NC(=O)CCCO. The number of hydrogen-bond acceptors (Lipinski definition) is 3. The number of hydrogen-bond donors (Lipinski definition) is 3. The van der Waals surface area contributed by atoms with Crippen LogP contribution in [-0.2, 0) is 9.59 Å². The highest BCUT2D eigenvalue weighted by Gasteiger charge is 2.14. The van der Waals surface area contributed by atoms with Crippen LogP contribution in [0, 0.1) is 5.92 Å². The first kappa shape index (κ1) is 14.9. The van der Waals surface area contributed by atoms with Crippen LogP contribution in [0.2, 0.25) is 0 Å². The first-order chi connectivity index (χ1) is 7.47. The van der Waals surface area contributed by atoms with Gasteiger partial charge in [-0.3, -0.25) is 9.59 Å². The van der Waals surface area contributed by atoms with Crippen LogP contribution in [0.1, 0.15) is 33.6 Å². The summed E-state index contributed by atoms with van der Waals surface area (Å²) in [5.41, 5.74) is 0. The first-order valence-electron chi connectivity index (χ1n) is 5.65. The normalized spacial score (nSPS) is 12.3. The van der Waals surface area contributed by atoms with E-state index in [1.165, 1.54) is 0 Å². The lowest BCUT2D eigenvalue weighted by atomic mass is 10.2. The van der Waals surface area contributed by atoms with E-state index in [2.05, 4.69) is 10.6 Å². The van der Waals surface area contributed by atoms with E-state index in [-0.39, 0.29) is 24.8 Å². The van der Waals surface area contributed by atoms with Crippen LogP contribution in [0.3, 0.4) is 0 Å². The van der Waals surface area contributed by atoms with Crippen LogP contribution in [0.5, 0.6) is 0 Å². The Bertz CT molecular complexity index is 229. The summed E-state index contributed by atoms with van der Waals surface area (Å²) in [5.74, 6) is 0.00790. The molecule has 0 aliphatic heterocycles. The van der Waals surface area contributed by atoms with E-state index >= 15 is 0 Å². The molecule has 0 spiro atoms. The molecule has 0 rings (SSSR count). The standard InChI is InChI=1S/C11H22N2O3/c1-8(2)7-12-11(16)9(3)13-10(15)5-4-6-14/h8-9,14H,4-7H2,1-3H3,(H,12,16)(H,13,15). The van der Waals surface area contributed by atoms with Gasteiger partial charge < -0.3 is 15.7 Å². The summed E-state index contributed by atoms with van der Waals surface area (Å²) in [6.07, 6.45) is 0.671. The van der Waals surface area contributed by atoms with Gasteiger partial charge in [-0.05, 0) is 19.3 Å². The number of rotatable bonds is 7. The van der Waals surface area contributed by atoms with Gasteiger partial charge in [-0.1, -0.05) is 13.8 Å². The molecule has 0 aromatic rings. The molecule has 0 aromatic heterocycles. The average Bonchev–Trinajstić information content (AvgIpc) is 2.22. The summed E-state index contributed by atoms with van der Waals surface area (Å²) in [4.78, 5) is 22.7. The van der Waals surface area contributed by atoms with Crippen LogP contribution in [0.4, 0.5) is 0 Å². The number of aliphatic hydroxyl groups excluding tert-OH is 1. The second-order valence-corrected chi connectivity index (χ2v) is 4.26. The molecule has 0 heterocycles. The molecule has 0 saturated heterocycles. The van der Waals surface area contributed by atoms with Gasteiger partial charge in [-0.2, -0.15) is 0 Å². The van der Waals surface area contributed by atoms with Gasteiger partial charge in [0.05, 0.1) is 0 Å². The second kappa shape index (κ2) is 8.10. The summed E-state index contributed by atoms with van der Waals surface area (Å²) < 4.78 is 0. The van der Waals surface area contributed by atoms with E-state index < -0.39 is 6.04 Å². The van der Waals surface area contributed by atoms with Gasteiger partial charge >= 0.3 is 0 Å². The molecule has 0 aliphatic rings. The zero-order valence-corrected chi connectivity index (χ0v) is 10.2. The lowest BCUT2D eigenvalue weighted by Gasteiger charge is -2.15. The van der Waals surface area contributed by atoms with Crippen molar-refractivity contribution in [3.05, 3.63) is 0 Å². The van der Waals surface area contributed by atoms with Gasteiger partial charge in [0.2, 0.25) is 11.8 Å². The Kier molecular flexibility index (Phi) is 7.54. The highest BCUT2D eigenvalue weighted by Crippen LogP contribution is 1.92. The Morgan fingerprint density at radius 1 is 1.25 bits per heavy atom. The molecule has 3 N–H and O–H groups in total. The van der Waals surface area contributed by atoms with Crippen molar-refractivity contribution in [2.75, 3.05) is 13.2 Å². The summed E-state index contributed by atoms with van der Waals surface area (Å²) in [7, 11) is 0. The minimum atomic E-state index is -0.523. The summed E-state index contributed by atoms with van der Waals surface area (Å²) in [5, 5.41) is 13.9. The Labute approximate surface area is 96.6 Å². The molecule has 94 valence electrons. The molecule has 5 heteroatoms. The molecule has 0 saturated carbocycles. The summed E-state index contributed by atoms with van der Waals surface area (Å²) in [6.45, 7) is 6.25. The molecule has 0 radical (unpaired) electrons. The molecular formula is C11H22N2O3. The predicted molar refractivity (Wildman–Crippen MR) is 61.8 cm³/mol. The second-order valence-electron chi connectivity index (χ2n) is 4.26. The quantitative estimate of drug-likeness (QED) is 0.577. The molecule has 1 atom stereocenters. The van der Waals surface area contributed by atoms with Crippen molar-refractivity contribution in [3.8, 4) is 0 Å². The summed E-state index contributed by atoms with van der Waals surface area (Å²) >= 11 is 0. The van der Waals surface area contributed by atoms with E-state index in [9.17, 15) is 9.59 Å². The molecular weight excluding hydrogens is 208 g/mol. The van der Waals surface area contributed by atoms with Crippen molar-refractivity contribution in [1.82, 2.24) is 10.6 Å². The third-order valence-corrected chi connectivity index (χ3v) is 2.02. The van der Waals surface area contributed by atoms with E-state index in [0.717, 1.165) is 0 Å². The van der Waals surface area contributed by atoms with E-state index in [1.807, 2.05) is 13.8 Å². The van der Waals surface area contributed by atoms with Gasteiger partial charge in [-0.15, -0.1) is 0 Å². The molecule has 0 aromatic carbocycles. The van der Waals surface area contributed by atoms with Crippen LogP contribution in [0.25, 0.3) is 0 Å². The topological polar surface area (TPSA) is 78.4 Å². The Hall–Kier alpha value is -1.10. The van der Waals surface area contributed by atoms with E-state index in [1.54, 1.807) is 6.92 Å². The zero-order chi connectivity index (χ0) is 12.6. The van der Waals surface area contributed by atoms with Crippen LogP contribution < -0.4 is 10.6 Å². The average molecular weight is 230 g/mol. The van der Waals surface area contributed by atoms with Gasteiger partial charge in [-0.25, -0.2) is 0 Å². The van der Waals surface area contributed by atoms with E-state index in [0.29, 0.717) is 18.9 Å². The van der Waals surface area contributed by atoms with E-state index in [4.69, 9.17) is 5.11 Å². The van der Waals surface area contributed by atoms with Crippen molar-refractivity contribution in [3.63, 3.8) is 0 Å². The third kappa shape index (κ3) is 7.23. The number of aliphatic hydroxyl groups is 1. The van der Waals surface area contributed by atoms with Crippen molar-refractivity contribution in [1.29, 1.82) is 0 Å². The maximum Gasteiger partial charge on any atom is 0.242 e. The number of amides is 2. The highest BCUT2D eigenvalue weighted by molar-refractivity contribution is 5.87. The predicted octanol–water partition coefficient (Wildman–Crippen LogP) is 0.0358. The van der Waals surface area contributed by atoms with Gasteiger partial charge in [0, 0.05) is 19.6 Å². The Morgan fingerprint density at radius 3 is 2.38 bits per heavy atom. The fraction of sp³-hybridized carbons (Fsp3) is 0.818. The molecule has 16 heavy (non-hydrogen) atoms. The number of carbonyl (C=O) groups is 2. The molecule has 0 fully saturated rings. The maximum atomic E-state index is 11.5. The zero-order valence-electron chi connectivity index (χ0n) is 10.2. The summed E-state index contributed by atoms with van der Waals surface area (Å²) in [6, 6.07) is -0.523. The Balaban J connectivity index is 3.81. The first-order valence-corrected chi connectivity index (χ1v) is 5.65. The molecule has 0 bridgehead atoms. The minimum Gasteiger partial charge on any atom is -0.396 e. The van der Waals surface area contributed by atoms with Crippen LogP contribution in [-0.4, -0.2) is 36.1 Å². The van der Waals surface area contributed by atoms with Crippen LogP contribution in [0.15, 0.2) is 0 Å². The van der Waals surface area contributed by atoms with Crippen molar-refractivity contribution >= 4 is 11.8 Å². The molecule has 0 aliphatic carbocycles. The minimum absolute atomic E-state index is 0.0126.